The van der Waals surface area contributed by atoms with Gasteiger partial charge < -0.3 is 15.4 Å². The van der Waals surface area contributed by atoms with Crippen LogP contribution in [0.15, 0.2) is 18.2 Å². The molecule has 0 fully saturated rings. The summed E-state index contributed by atoms with van der Waals surface area (Å²) in [4.78, 5) is 13.9. The molecule has 110 valence electrons. The van der Waals surface area contributed by atoms with Gasteiger partial charge in [-0.2, -0.15) is 0 Å². The van der Waals surface area contributed by atoms with E-state index in [0.29, 0.717) is 26.1 Å². The summed E-state index contributed by atoms with van der Waals surface area (Å²) < 4.78 is 30.9. The zero-order chi connectivity index (χ0) is 15.1. The molecule has 0 bridgehead atoms. The summed E-state index contributed by atoms with van der Waals surface area (Å²) in [5, 5.41) is 0. The molecular formula is C13H16F2N2O2S. The van der Waals surface area contributed by atoms with Crippen molar-refractivity contribution in [1.82, 2.24) is 4.90 Å². The first-order valence-electron chi connectivity index (χ1n) is 5.97. The minimum atomic E-state index is -1.06. The molecule has 1 amide bonds. The van der Waals surface area contributed by atoms with E-state index in [2.05, 4.69) is 0 Å². The lowest BCUT2D eigenvalue weighted by Crippen LogP contribution is -2.36. The van der Waals surface area contributed by atoms with Crippen molar-refractivity contribution in [2.24, 2.45) is 5.73 Å². The van der Waals surface area contributed by atoms with Gasteiger partial charge in [-0.3, -0.25) is 4.79 Å². The van der Waals surface area contributed by atoms with Crippen molar-refractivity contribution in [3.63, 3.8) is 0 Å². The minimum Gasteiger partial charge on any atom is -0.393 e. The lowest BCUT2D eigenvalue weighted by molar-refractivity contribution is 0.0700. The van der Waals surface area contributed by atoms with Crippen molar-refractivity contribution in [3.05, 3.63) is 35.4 Å². The molecule has 0 saturated carbocycles. The molecule has 4 nitrogen and oxygen atoms in total. The van der Waals surface area contributed by atoms with Crippen molar-refractivity contribution in [1.29, 1.82) is 0 Å². The van der Waals surface area contributed by atoms with Gasteiger partial charge in [0.05, 0.1) is 11.6 Å². The summed E-state index contributed by atoms with van der Waals surface area (Å²) in [5.74, 6) is -2.47. The zero-order valence-electron chi connectivity index (χ0n) is 11.1. The summed E-state index contributed by atoms with van der Waals surface area (Å²) in [5.41, 5.74) is 5.48. The second-order valence-corrected chi connectivity index (χ2v) is 4.65. The molecule has 0 aliphatic carbocycles. The largest absolute Gasteiger partial charge is 0.393 e. The number of nitrogens with zero attached hydrogens (tertiary/aromatic N) is 1. The van der Waals surface area contributed by atoms with Gasteiger partial charge in [-0.1, -0.05) is 12.2 Å². The summed E-state index contributed by atoms with van der Waals surface area (Å²) in [7, 11) is 1.51. The van der Waals surface area contributed by atoms with Gasteiger partial charge >= 0.3 is 0 Å². The van der Waals surface area contributed by atoms with E-state index in [4.69, 9.17) is 22.7 Å². The van der Waals surface area contributed by atoms with E-state index in [1.807, 2.05) is 0 Å². The van der Waals surface area contributed by atoms with Crippen LogP contribution in [0, 0.1) is 11.6 Å². The third-order valence-corrected chi connectivity index (χ3v) is 2.85. The van der Waals surface area contributed by atoms with Crippen LogP contribution in [0.5, 0.6) is 0 Å². The van der Waals surface area contributed by atoms with Crippen LogP contribution in [0.25, 0.3) is 0 Å². The molecule has 20 heavy (non-hydrogen) atoms. The Balaban J connectivity index is 2.84. The molecule has 2 N–H and O–H groups in total. The van der Waals surface area contributed by atoms with Gasteiger partial charge in [-0.15, -0.1) is 0 Å². The second-order valence-electron chi connectivity index (χ2n) is 4.13. The number of rotatable bonds is 7. The van der Waals surface area contributed by atoms with Crippen LogP contribution in [0.2, 0.25) is 0 Å². The number of methoxy groups -OCH3 is 1. The Hall–Kier alpha value is -1.60. The normalized spacial score (nSPS) is 10.3. The first kappa shape index (κ1) is 16.5. The van der Waals surface area contributed by atoms with Crippen LogP contribution in [0.1, 0.15) is 16.8 Å². The van der Waals surface area contributed by atoms with Crippen molar-refractivity contribution >= 4 is 23.1 Å². The number of hydrogen-bond acceptors (Lipinski definition) is 3. The lowest BCUT2D eigenvalue weighted by Gasteiger charge is -2.22. The first-order valence-corrected chi connectivity index (χ1v) is 6.38. The maximum absolute atomic E-state index is 13.2. The Morgan fingerprint density at radius 2 is 2.05 bits per heavy atom. The minimum absolute atomic E-state index is 0.0722. The smallest absolute Gasteiger partial charge is 0.254 e. The maximum Gasteiger partial charge on any atom is 0.254 e. The van der Waals surface area contributed by atoms with E-state index in [1.165, 1.54) is 18.1 Å². The van der Waals surface area contributed by atoms with E-state index < -0.39 is 17.5 Å². The van der Waals surface area contributed by atoms with Gasteiger partial charge in [-0.05, 0) is 18.2 Å². The molecule has 0 aliphatic heterocycles. The topological polar surface area (TPSA) is 55.6 Å². The summed E-state index contributed by atoms with van der Waals surface area (Å²) in [6.07, 6.45) is 0.356. The molecule has 1 rings (SSSR count). The van der Waals surface area contributed by atoms with Crippen LogP contribution in [-0.4, -0.2) is 42.6 Å². The van der Waals surface area contributed by atoms with Crippen LogP contribution >= 0.6 is 12.2 Å². The van der Waals surface area contributed by atoms with E-state index in [9.17, 15) is 13.6 Å². The standard InChI is InChI=1S/C13H16F2N2O2S/c1-19-7-6-17(5-4-12(16)20)13(18)9-2-3-10(14)11(15)8-9/h2-3,8H,4-7H2,1H3,(H2,16,20). The zero-order valence-corrected chi connectivity index (χ0v) is 11.9. The summed E-state index contributed by atoms with van der Waals surface area (Å²) in [6.45, 7) is 0.945. The fourth-order valence-corrected chi connectivity index (χ4v) is 1.66. The molecule has 0 unspecified atom stereocenters. The molecule has 0 heterocycles. The molecule has 0 radical (unpaired) electrons. The highest BCUT2D eigenvalue weighted by atomic mass is 32.1. The molecule has 0 saturated heterocycles. The monoisotopic (exact) mass is 302 g/mol. The van der Waals surface area contributed by atoms with Crippen LogP contribution in [0.4, 0.5) is 8.78 Å². The maximum atomic E-state index is 13.2. The quantitative estimate of drug-likeness (QED) is 0.779. The van der Waals surface area contributed by atoms with Crippen molar-refractivity contribution in [2.45, 2.75) is 6.42 Å². The summed E-state index contributed by atoms with van der Waals surface area (Å²) >= 11 is 4.77. The van der Waals surface area contributed by atoms with Crippen molar-refractivity contribution in [3.8, 4) is 0 Å². The van der Waals surface area contributed by atoms with Gasteiger partial charge in [-0.25, -0.2) is 8.78 Å². The molecule has 0 atom stereocenters. The Bertz CT molecular complexity index is 497. The second kappa shape index (κ2) is 7.86. The molecule has 1 aromatic rings. The van der Waals surface area contributed by atoms with Gasteiger partial charge in [0, 0.05) is 32.2 Å². The average Bonchev–Trinajstić information content (AvgIpc) is 2.41. The van der Waals surface area contributed by atoms with E-state index >= 15 is 0 Å². The highest BCUT2D eigenvalue weighted by Gasteiger charge is 2.17. The number of hydrogen-bond donors (Lipinski definition) is 1. The fourth-order valence-electron chi connectivity index (χ4n) is 1.57. The summed E-state index contributed by atoms with van der Waals surface area (Å²) in [6, 6.07) is 3.03. The van der Waals surface area contributed by atoms with E-state index in [0.717, 1.165) is 12.1 Å². The molecule has 0 spiro atoms. The molecule has 1 aromatic carbocycles. The number of nitrogens with two attached hydrogens (primary N) is 1. The van der Waals surface area contributed by atoms with Gasteiger partial charge in [0.2, 0.25) is 0 Å². The van der Waals surface area contributed by atoms with E-state index in [1.54, 1.807) is 0 Å². The first-order chi connectivity index (χ1) is 9.45. The SMILES string of the molecule is COCCN(CCC(N)=S)C(=O)c1ccc(F)c(F)c1. The van der Waals surface area contributed by atoms with Gasteiger partial charge in [0.1, 0.15) is 0 Å². The van der Waals surface area contributed by atoms with Crippen LogP contribution in [-0.2, 0) is 4.74 Å². The predicted octanol–water partition coefficient (Wildman–Crippen LogP) is 1.73. The van der Waals surface area contributed by atoms with E-state index in [-0.39, 0.29) is 10.6 Å². The van der Waals surface area contributed by atoms with Gasteiger partial charge in [0.25, 0.3) is 5.91 Å². The average molecular weight is 302 g/mol. The number of benzene rings is 1. The van der Waals surface area contributed by atoms with Gasteiger partial charge in [0.15, 0.2) is 11.6 Å². The fraction of sp³-hybridized carbons (Fsp3) is 0.385. The number of ether oxygens (including phenoxy) is 1. The predicted molar refractivity (Wildman–Crippen MR) is 75.5 cm³/mol. The third-order valence-electron chi connectivity index (χ3n) is 2.65. The lowest BCUT2D eigenvalue weighted by atomic mass is 10.2. The Morgan fingerprint density at radius 1 is 1.35 bits per heavy atom. The number of halogens is 2. The highest BCUT2D eigenvalue weighted by Crippen LogP contribution is 2.11. The van der Waals surface area contributed by atoms with Crippen molar-refractivity contribution in [2.75, 3.05) is 26.8 Å². The third kappa shape index (κ3) is 4.82. The number of amides is 1. The molecule has 7 heteroatoms. The van der Waals surface area contributed by atoms with Crippen LogP contribution in [0.3, 0.4) is 0 Å². The van der Waals surface area contributed by atoms with Crippen LogP contribution < -0.4 is 5.73 Å². The highest BCUT2D eigenvalue weighted by molar-refractivity contribution is 7.80. The van der Waals surface area contributed by atoms with Crippen molar-refractivity contribution < 1.29 is 18.3 Å². The number of thiocarbonyl (C=S) groups is 1. The molecule has 0 aliphatic rings. The Morgan fingerprint density at radius 3 is 2.60 bits per heavy atom. The molecular weight excluding hydrogens is 286 g/mol. The Kier molecular flexibility index (Phi) is 6.47. The number of carbonyl (C=O) groups excluding carboxylic acids is 1. The Labute approximate surface area is 121 Å². The molecule has 0 aromatic heterocycles. The number of carbonyl (C=O) groups is 1.